The lowest BCUT2D eigenvalue weighted by Crippen LogP contribution is -2.35. The van der Waals surface area contributed by atoms with E-state index in [1.165, 1.54) is 5.56 Å². The molecule has 2 heterocycles. The Labute approximate surface area is 157 Å². The molecule has 0 saturated carbocycles. The quantitative estimate of drug-likeness (QED) is 0.659. The van der Waals surface area contributed by atoms with Crippen molar-refractivity contribution in [2.24, 2.45) is 0 Å². The first-order valence-corrected chi connectivity index (χ1v) is 9.18. The van der Waals surface area contributed by atoms with Crippen LogP contribution in [0.4, 0.5) is 5.69 Å². The van der Waals surface area contributed by atoms with Crippen molar-refractivity contribution in [3.05, 3.63) is 71.2 Å². The molecule has 2 aromatic carbocycles. The molecule has 1 aromatic heterocycles. The van der Waals surface area contributed by atoms with Crippen molar-refractivity contribution in [2.75, 3.05) is 11.4 Å². The first kappa shape index (κ1) is 16.9. The Balaban J connectivity index is 1.44. The van der Waals surface area contributed by atoms with Crippen LogP contribution < -0.4 is 4.90 Å². The second-order valence-corrected chi connectivity index (χ2v) is 6.78. The number of amides is 1. The summed E-state index contributed by atoms with van der Waals surface area (Å²) in [5.74, 6) is 1.29. The number of rotatable bonds is 4. The van der Waals surface area contributed by atoms with E-state index in [0.29, 0.717) is 29.5 Å². The van der Waals surface area contributed by atoms with Crippen LogP contribution in [0.3, 0.4) is 0 Å². The Morgan fingerprint density at radius 3 is 2.85 bits per heavy atom. The summed E-state index contributed by atoms with van der Waals surface area (Å²) in [6.45, 7) is 0.770. The van der Waals surface area contributed by atoms with Crippen LogP contribution in [0.15, 0.2) is 59.1 Å². The first-order valence-electron chi connectivity index (χ1n) is 8.80. The number of carbonyl (C=O) groups is 1. The molecule has 0 atom stereocenters. The molecular formula is C21H19ClN2O2. The highest BCUT2D eigenvalue weighted by molar-refractivity contribution is 6.33. The van der Waals surface area contributed by atoms with Gasteiger partial charge in [-0.2, -0.15) is 0 Å². The summed E-state index contributed by atoms with van der Waals surface area (Å²) >= 11 is 6.20. The van der Waals surface area contributed by atoms with Crippen LogP contribution >= 0.6 is 11.6 Å². The maximum Gasteiger partial charge on any atom is 0.227 e. The van der Waals surface area contributed by atoms with Crippen molar-refractivity contribution < 1.29 is 9.21 Å². The molecule has 0 spiro atoms. The molecule has 1 aliphatic rings. The van der Waals surface area contributed by atoms with Crippen LogP contribution in [0.25, 0.3) is 11.3 Å². The number of oxazole rings is 1. The number of para-hydroxylation sites is 1. The van der Waals surface area contributed by atoms with E-state index in [-0.39, 0.29) is 5.91 Å². The van der Waals surface area contributed by atoms with Gasteiger partial charge in [-0.1, -0.05) is 41.9 Å². The van der Waals surface area contributed by atoms with Crippen LogP contribution in [-0.2, 0) is 17.6 Å². The predicted molar refractivity (Wildman–Crippen MR) is 102 cm³/mol. The molecule has 0 N–H and O–H groups in total. The highest BCUT2D eigenvalue weighted by Gasteiger charge is 2.22. The number of anilines is 1. The van der Waals surface area contributed by atoms with Gasteiger partial charge in [0.05, 0.1) is 11.2 Å². The van der Waals surface area contributed by atoms with Gasteiger partial charge >= 0.3 is 0 Å². The van der Waals surface area contributed by atoms with Gasteiger partial charge in [0.15, 0.2) is 11.7 Å². The molecule has 4 nitrogen and oxygen atoms in total. The molecule has 5 heteroatoms. The van der Waals surface area contributed by atoms with Gasteiger partial charge in [-0.05, 0) is 36.6 Å². The minimum Gasteiger partial charge on any atom is -0.441 e. The molecule has 0 unspecified atom stereocenters. The molecular weight excluding hydrogens is 348 g/mol. The van der Waals surface area contributed by atoms with Gasteiger partial charge in [0.2, 0.25) is 5.91 Å². The van der Waals surface area contributed by atoms with Crippen molar-refractivity contribution in [3.8, 4) is 11.3 Å². The second-order valence-electron chi connectivity index (χ2n) is 6.38. The van der Waals surface area contributed by atoms with E-state index >= 15 is 0 Å². The number of hydrogen-bond donors (Lipinski definition) is 0. The summed E-state index contributed by atoms with van der Waals surface area (Å²) in [5.41, 5.74) is 3.08. The Bertz CT molecular complexity index is 935. The predicted octanol–water partition coefficient (Wildman–Crippen LogP) is 4.91. The summed E-state index contributed by atoms with van der Waals surface area (Å²) < 4.78 is 5.79. The minimum absolute atomic E-state index is 0.106. The van der Waals surface area contributed by atoms with Gasteiger partial charge in [-0.25, -0.2) is 4.98 Å². The van der Waals surface area contributed by atoms with Crippen molar-refractivity contribution in [3.63, 3.8) is 0 Å². The van der Waals surface area contributed by atoms with E-state index in [4.69, 9.17) is 16.0 Å². The van der Waals surface area contributed by atoms with Gasteiger partial charge in [-0.15, -0.1) is 0 Å². The third-order valence-electron chi connectivity index (χ3n) is 4.66. The summed E-state index contributed by atoms with van der Waals surface area (Å²) in [6.07, 6.45) is 4.54. The summed E-state index contributed by atoms with van der Waals surface area (Å²) in [5, 5.41) is 0.621. The van der Waals surface area contributed by atoms with E-state index < -0.39 is 0 Å². The number of hydrogen-bond acceptors (Lipinski definition) is 3. The molecule has 0 bridgehead atoms. The van der Waals surface area contributed by atoms with Crippen LogP contribution in [0, 0.1) is 0 Å². The summed E-state index contributed by atoms with van der Waals surface area (Å²) in [6, 6.07) is 15.6. The molecule has 0 radical (unpaired) electrons. The molecule has 1 aliphatic heterocycles. The third-order valence-corrected chi connectivity index (χ3v) is 4.99. The van der Waals surface area contributed by atoms with Crippen LogP contribution in [0.5, 0.6) is 0 Å². The fourth-order valence-corrected chi connectivity index (χ4v) is 3.58. The molecule has 3 aromatic rings. The number of carbonyl (C=O) groups excluding carboxylic acids is 1. The Hall–Kier alpha value is -2.59. The minimum atomic E-state index is 0.106. The topological polar surface area (TPSA) is 46.3 Å². The average Bonchev–Trinajstić information content (AvgIpc) is 3.15. The van der Waals surface area contributed by atoms with E-state index in [2.05, 4.69) is 11.1 Å². The molecule has 4 rings (SSSR count). The number of fused-ring (bicyclic) bond motifs is 1. The number of benzene rings is 2. The molecule has 0 fully saturated rings. The Kier molecular flexibility index (Phi) is 4.76. The fourth-order valence-electron chi connectivity index (χ4n) is 3.35. The van der Waals surface area contributed by atoms with Gasteiger partial charge < -0.3 is 9.32 Å². The highest BCUT2D eigenvalue weighted by Crippen LogP contribution is 2.29. The number of nitrogens with zero attached hydrogens (tertiary/aromatic N) is 2. The Morgan fingerprint density at radius 1 is 1.15 bits per heavy atom. The van der Waals surface area contributed by atoms with E-state index in [1.807, 2.05) is 47.4 Å². The fraction of sp³-hybridized carbons (Fsp3) is 0.238. The van der Waals surface area contributed by atoms with Crippen molar-refractivity contribution in [1.82, 2.24) is 4.98 Å². The number of halogens is 1. The highest BCUT2D eigenvalue weighted by atomic mass is 35.5. The lowest BCUT2D eigenvalue weighted by atomic mass is 10.0. The van der Waals surface area contributed by atoms with Crippen LogP contribution in [0.1, 0.15) is 24.3 Å². The number of aryl methyl sites for hydroxylation is 2. The SMILES string of the molecule is O=C(CCc1ncc(-c2ccccc2Cl)o1)N1CCCc2ccccc21. The molecule has 26 heavy (non-hydrogen) atoms. The zero-order valence-corrected chi connectivity index (χ0v) is 15.1. The number of aromatic nitrogens is 1. The molecule has 0 aliphatic carbocycles. The van der Waals surface area contributed by atoms with Crippen LogP contribution in [-0.4, -0.2) is 17.4 Å². The summed E-state index contributed by atoms with van der Waals surface area (Å²) in [7, 11) is 0. The Morgan fingerprint density at radius 2 is 1.96 bits per heavy atom. The molecule has 0 saturated heterocycles. The maximum absolute atomic E-state index is 12.7. The second kappa shape index (κ2) is 7.34. The van der Waals surface area contributed by atoms with Gasteiger partial charge in [0.25, 0.3) is 0 Å². The van der Waals surface area contributed by atoms with Crippen LogP contribution in [0.2, 0.25) is 5.02 Å². The first-order chi connectivity index (χ1) is 12.7. The van der Waals surface area contributed by atoms with Crippen molar-refractivity contribution >= 4 is 23.2 Å². The van der Waals surface area contributed by atoms with Gasteiger partial charge in [-0.3, -0.25) is 4.79 Å². The average molecular weight is 367 g/mol. The van der Waals surface area contributed by atoms with Crippen molar-refractivity contribution in [1.29, 1.82) is 0 Å². The largest absolute Gasteiger partial charge is 0.441 e. The normalized spacial score (nSPS) is 13.5. The van der Waals surface area contributed by atoms with Gasteiger partial charge in [0, 0.05) is 30.6 Å². The molecule has 132 valence electrons. The third kappa shape index (κ3) is 3.37. The smallest absolute Gasteiger partial charge is 0.227 e. The monoisotopic (exact) mass is 366 g/mol. The lowest BCUT2D eigenvalue weighted by molar-refractivity contribution is -0.118. The van der Waals surface area contributed by atoms with Crippen molar-refractivity contribution in [2.45, 2.75) is 25.7 Å². The van der Waals surface area contributed by atoms with E-state index in [1.54, 1.807) is 6.20 Å². The van der Waals surface area contributed by atoms with E-state index in [9.17, 15) is 4.79 Å². The summed E-state index contributed by atoms with van der Waals surface area (Å²) in [4.78, 5) is 18.9. The zero-order valence-electron chi connectivity index (χ0n) is 14.3. The zero-order chi connectivity index (χ0) is 17.9. The lowest BCUT2D eigenvalue weighted by Gasteiger charge is -2.29. The molecule has 1 amide bonds. The van der Waals surface area contributed by atoms with E-state index in [0.717, 1.165) is 30.6 Å². The van der Waals surface area contributed by atoms with Gasteiger partial charge in [0.1, 0.15) is 0 Å². The maximum atomic E-state index is 12.7. The standard InChI is InChI=1S/C21H19ClN2O2/c22-17-9-3-2-8-16(17)19-14-23-20(26-19)11-12-21(25)24-13-5-7-15-6-1-4-10-18(15)24/h1-4,6,8-10,14H,5,7,11-13H2.